The second-order valence-corrected chi connectivity index (χ2v) is 8.42. The van der Waals surface area contributed by atoms with E-state index >= 15 is 0 Å². The Morgan fingerprint density at radius 1 is 1.10 bits per heavy atom. The summed E-state index contributed by atoms with van der Waals surface area (Å²) >= 11 is 2.76. The third kappa shape index (κ3) is 4.86. The summed E-state index contributed by atoms with van der Waals surface area (Å²) < 4.78 is 11.9. The van der Waals surface area contributed by atoms with Crippen LogP contribution < -0.4 is 0 Å². The number of para-hydroxylation sites is 1. The number of aromatic amines is 1. The van der Waals surface area contributed by atoms with Crippen LogP contribution in [0.25, 0.3) is 10.2 Å². The van der Waals surface area contributed by atoms with Gasteiger partial charge in [-0.25, -0.2) is 9.78 Å². The van der Waals surface area contributed by atoms with E-state index in [-0.39, 0.29) is 23.5 Å². The van der Waals surface area contributed by atoms with Crippen LogP contribution in [0.4, 0.5) is 0 Å². The Bertz CT molecular complexity index is 1040. The van der Waals surface area contributed by atoms with Crippen molar-refractivity contribution >= 4 is 51.0 Å². The summed E-state index contributed by atoms with van der Waals surface area (Å²) in [4.78, 5) is 44.2. The first-order chi connectivity index (χ1) is 13.9. The molecule has 0 radical (unpaired) electrons. The van der Waals surface area contributed by atoms with Crippen LogP contribution in [0.5, 0.6) is 0 Å². The van der Waals surface area contributed by atoms with Gasteiger partial charge in [0.25, 0.3) is 0 Å². The molecular weight excluding hydrogens is 412 g/mol. The molecule has 0 bridgehead atoms. The molecular formula is C20H20N2O5S2. The Morgan fingerprint density at radius 3 is 2.55 bits per heavy atom. The molecule has 3 rings (SSSR count). The Morgan fingerprint density at radius 2 is 1.83 bits per heavy atom. The van der Waals surface area contributed by atoms with Crippen molar-refractivity contribution in [3.8, 4) is 0 Å². The number of benzene rings is 1. The smallest absolute Gasteiger partial charge is 0.340 e. The van der Waals surface area contributed by atoms with E-state index in [1.165, 1.54) is 23.1 Å². The molecule has 0 aliphatic heterocycles. The fraction of sp³-hybridized carbons (Fsp3) is 0.300. The summed E-state index contributed by atoms with van der Waals surface area (Å²) in [6.07, 6.45) is 0. The topological polar surface area (TPSA) is 98.4 Å². The third-order valence-corrected chi connectivity index (χ3v) is 6.24. The van der Waals surface area contributed by atoms with Gasteiger partial charge in [0, 0.05) is 11.4 Å². The Hall–Kier alpha value is -2.65. The molecule has 9 heteroatoms. The molecule has 0 spiro atoms. The van der Waals surface area contributed by atoms with E-state index < -0.39 is 24.3 Å². The molecule has 7 nitrogen and oxygen atoms in total. The number of ether oxygens (including phenoxy) is 2. The summed E-state index contributed by atoms with van der Waals surface area (Å²) in [5.41, 5.74) is 2.35. The van der Waals surface area contributed by atoms with Gasteiger partial charge >= 0.3 is 11.9 Å². The molecule has 152 valence electrons. The molecule has 0 amide bonds. The number of nitrogens with one attached hydrogen (secondary N) is 1. The normalized spacial score (nSPS) is 10.9. The lowest BCUT2D eigenvalue weighted by molar-refractivity contribution is -0.139. The Labute approximate surface area is 175 Å². The average molecular weight is 433 g/mol. The number of nitrogens with zero attached hydrogens (tertiary/aromatic N) is 1. The summed E-state index contributed by atoms with van der Waals surface area (Å²) in [6.45, 7) is 4.83. The minimum Gasteiger partial charge on any atom is -0.462 e. The van der Waals surface area contributed by atoms with Gasteiger partial charge in [-0.1, -0.05) is 23.9 Å². The van der Waals surface area contributed by atoms with Crippen LogP contribution in [0.15, 0.2) is 28.6 Å². The molecule has 0 unspecified atom stereocenters. The van der Waals surface area contributed by atoms with E-state index in [1.54, 1.807) is 20.8 Å². The van der Waals surface area contributed by atoms with E-state index in [0.717, 1.165) is 14.6 Å². The van der Waals surface area contributed by atoms with E-state index in [2.05, 4.69) is 9.97 Å². The van der Waals surface area contributed by atoms with Crippen molar-refractivity contribution in [2.45, 2.75) is 25.1 Å². The number of hydrogen-bond donors (Lipinski definition) is 1. The number of Topliss-reactive ketones (excluding diaryl/α,β-unsaturated/α-hetero) is 1. The van der Waals surface area contributed by atoms with E-state index in [9.17, 15) is 14.4 Å². The number of H-pyrrole nitrogens is 1. The van der Waals surface area contributed by atoms with Gasteiger partial charge in [-0.3, -0.25) is 9.59 Å². The molecule has 29 heavy (non-hydrogen) atoms. The lowest BCUT2D eigenvalue weighted by atomic mass is 10.1. The number of esters is 2. The largest absolute Gasteiger partial charge is 0.462 e. The molecule has 0 aliphatic carbocycles. The molecule has 2 aromatic heterocycles. The summed E-state index contributed by atoms with van der Waals surface area (Å²) in [5, 5.41) is 0. The van der Waals surface area contributed by atoms with Crippen LogP contribution in [0.3, 0.4) is 0 Å². The maximum atomic E-state index is 12.6. The molecule has 1 N–H and O–H groups in total. The fourth-order valence-electron chi connectivity index (χ4n) is 2.88. The summed E-state index contributed by atoms with van der Waals surface area (Å²) in [7, 11) is 0. The van der Waals surface area contributed by atoms with Crippen LogP contribution in [-0.4, -0.2) is 46.7 Å². The first-order valence-electron chi connectivity index (χ1n) is 8.94. The SMILES string of the molecule is CCOC(=O)c1c(C)[nH]c(C)c1C(=O)COC(=O)CSc1nc2ccccc2s1. The number of ketones is 1. The number of hydrogen-bond acceptors (Lipinski definition) is 8. The predicted molar refractivity (Wildman–Crippen MR) is 112 cm³/mol. The Kier molecular flexibility index (Phi) is 6.71. The third-order valence-electron chi connectivity index (χ3n) is 4.09. The second-order valence-electron chi connectivity index (χ2n) is 6.17. The van der Waals surface area contributed by atoms with Gasteiger partial charge in [0.1, 0.15) is 0 Å². The van der Waals surface area contributed by atoms with Crippen LogP contribution in [0, 0.1) is 13.8 Å². The van der Waals surface area contributed by atoms with Crippen LogP contribution in [-0.2, 0) is 14.3 Å². The highest BCUT2D eigenvalue weighted by Crippen LogP contribution is 2.29. The zero-order valence-corrected chi connectivity index (χ0v) is 17.9. The van der Waals surface area contributed by atoms with Gasteiger partial charge < -0.3 is 14.5 Å². The first kappa shape index (κ1) is 21.1. The van der Waals surface area contributed by atoms with Gasteiger partial charge in [-0.2, -0.15) is 0 Å². The number of thiazole rings is 1. The van der Waals surface area contributed by atoms with Crippen molar-refractivity contribution in [2.75, 3.05) is 19.0 Å². The molecule has 0 aliphatic rings. The number of rotatable bonds is 8. The van der Waals surface area contributed by atoms with Gasteiger partial charge in [-0.15, -0.1) is 11.3 Å². The molecule has 0 saturated carbocycles. The summed E-state index contributed by atoms with van der Waals surface area (Å²) in [5.74, 6) is -1.50. The lowest BCUT2D eigenvalue weighted by Gasteiger charge is -2.07. The van der Waals surface area contributed by atoms with Crippen LogP contribution in [0.1, 0.15) is 39.0 Å². The molecule has 2 heterocycles. The number of fused-ring (bicyclic) bond motifs is 1. The average Bonchev–Trinajstić information content (AvgIpc) is 3.24. The highest BCUT2D eigenvalue weighted by atomic mass is 32.2. The van der Waals surface area contributed by atoms with Gasteiger partial charge in [0.2, 0.25) is 5.78 Å². The second kappa shape index (κ2) is 9.23. The van der Waals surface area contributed by atoms with Crippen molar-refractivity contribution in [1.82, 2.24) is 9.97 Å². The number of aryl methyl sites for hydroxylation is 2. The van der Waals surface area contributed by atoms with Crippen LogP contribution >= 0.6 is 23.1 Å². The first-order valence-corrected chi connectivity index (χ1v) is 10.7. The molecule has 0 fully saturated rings. The van der Waals surface area contributed by atoms with Crippen molar-refractivity contribution in [1.29, 1.82) is 0 Å². The van der Waals surface area contributed by atoms with Crippen molar-refractivity contribution in [3.63, 3.8) is 0 Å². The quantitative estimate of drug-likeness (QED) is 0.327. The van der Waals surface area contributed by atoms with E-state index in [1.807, 2.05) is 24.3 Å². The minimum atomic E-state index is -0.574. The zero-order chi connectivity index (χ0) is 21.0. The van der Waals surface area contributed by atoms with E-state index in [4.69, 9.17) is 9.47 Å². The molecule has 3 aromatic rings. The zero-order valence-electron chi connectivity index (χ0n) is 16.2. The maximum Gasteiger partial charge on any atom is 0.340 e. The van der Waals surface area contributed by atoms with E-state index in [0.29, 0.717) is 11.4 Å². The minimum absolute atomic E-state index is 0.0446. The van der Waals surface area contributed by atoms with Crippen molar-refractivity contribution < 1.29 is 23.9 Å². The predicted octanol–water partition coefficient (Wildman–Crippen LogP) is 3.94. The highest BCUT2D eigenvalue weighted by molar-refractivity contribution is 8.01. The number of aromatic nitrogens is 2. The summed E-state index contributed by atoms with van der Waals surface area (Å²) in [6, 6.07) is 7.72. The monoisotopic (exact) mass is 432 g/mol. The number of thioether (sulfide) groups is 1. The lowest BCUT2D eigenvalue weighted by Crippen LogP contribution is -2.18. The highest BCUT2D eigenvalue weighted by Gasteiger charge is 2.26. The van der Waals surface area contributed by atoms with Crippen molar-refractivity contribution in [3.05, 3.63) is 46.8 Å². The van der Waals surface area contributed by atoms with Crippen molar-refractivity contribution in [2.24, 2.45) is 0 Å². The number of carbonyl (C=O) groups excluding carboxylic acids is 3. The van der Waals surface area contributed by atoms with Gasteiger partial charge in [0.15, 0.2) is 10.9 Å². The molecule has 0 saturated heterocycles. The standard InChI is InChI=1S/C20H20N2O5S2/c1-4-26-19(25)18-12(3)21-11(2)17(18)14(23)9-27-16(24)10-28-20-22-13-7-5-6-8-15(13)29-20/h5-8,21H,4,9-10H2,1-3H3. The molecule has 1 aromatic carbocycles. The molecule has 0 atom stereocenters. The van der Waals surface area contributed by atoms with Gasteiger partial charge in [0.05, 0.1) is 33.7 Å². The maximum absolute atomic E-state index is 12.6. The van der Waals surface area contributed by atoms with Crippen LogP contribution in [0.2, 0.25) is 0 Å². The number of carbonyl (C=O) groups is 3. The van der Waals surface area contributed by atoms with Gasteiger partial charge in [-0.05, 0) is 32.9 Å². The fourth-order valence-corrected chi connectivity index (χ4v) is 4.75. The Balaban J connectivity index is 1.59.